The van der Waals surface area contributed by atoms with Gasteiger partial charge in [-0.25, -0.2) is 4.79 Å². The van der Waals surface area contributed by atoms with Crippen molar-refractivity contribution >= 4 is 25.8 Å². The van der Waals surface area contributed by atoms with Crippen LogP contribution in [0.4, 0.5) is 16.2 Å². The molecule has 0 aromatic heterocycles. The summed E-state index contributed by atoms with van der Waals surface area (Å²) in [6, 6.07) is 4.88. The van der Waals surface area contributed by atoms with Crippen LogP contribution < -0.4 is 5.32 Å². The number of amides is 1. The first-order valence-electron chi connectivity index (χ1n) is 9.57. The van der Waals surface area contributed by atoms with Crippen molar-refractivity contribution in [3.05, 3.63) is 33.9 Å². The van der Waals surface area contributed by atoms with Crippen LogP contribution in [0.5, 0.6) is 0 Å². The van der Waals surface area contributed by atoms with E-state index in [9.17, 15) is 20.0 Å². The summed E-state index contributed by atoms with van der Waals surface area (Å²) in [5.41, 5.74) is 1.14. The Bertz CT molecular complexity index is 733. The van der Waals surface area contributed by atoms with E-state index in [2.05, 4.69) is 39.2 Å². The Balaban J connectivity index is 2.08. The van der Waals surface area contributed by atoms with Crippen molar-refractivity contribution in [3.63, 3.8) is 0 Å². The molecule has 0 saturated carbocycles. The Morgan fingerprint density at radius 3 is 2.68 bits per heavy atom. The van der Waals surface area contributed by atoms with Crippen molar-refractivity contribution in [3.8, 4) is 0 Å². The number of nitro benzene ring substituents is 1. The van der Waals surface area contributed by atoms with Gasteiger partial charge in [0.1, 0.15) is 5.69 Å². The van der Waals surface area contributed by atoms with Gasteiger partial charge in [0.05, 0.1) is 17.6 Å². The molecule has 0 aliphatic carbocycles. The van der Waals surface area contributed by atoms with Crippen LogP contribution in [0, 0.1) is 10.1 Å². The summed E-state index contributed by atoms with van der Waals surface area (Å²) in [4.78, 5) is 23.8. The molecule has 1 aromatic carbocycles. The van der Waals surface area contributed by atoms with Gasteiger partial charge < -0.3 is 19.7 Å². The summed E-state index contributed by atoms with van der Waals surface area (Å²) in [5.74, 6) is 0. The zero-order valence-electron chi connectivity index (χ0n) is 17.3. The van der Waals surface area contributed by atoms with Crippen LogP contribution in [-0.2, 0) is 11.0 Å². The SMILES string of the molecule is CC(C)(C)[Si](C)(C)OCc1ccc(NCC2CCCN2C(=O)O)c([N+](=O)[O-])c1. The minimum atomic E-state index is -1.94. The number of hydrogen-bond acceptors (Lipinski definition) is 5. The zero-order valence-corrected chi connectivity index (χ0v) is 18.3. The average molecular weight is 410 g/mol. The zero-order chi connectivity index (χ0) is 21.1. The molecule has 1 amide bonds. The maximum atomic E-state index is 11.5. The van der Waals surface area contributed by atoms with Crippen LogP contribution >= 0.6 is 0 Å². The molecular formula is C19H31N3O5Si. The molecule has 1 atom stereocenters. The Morgan fingerprint density at radius 1 is 1.43 bits per heavy atom. The Kier molecular flexibility index (Phi) is 6.71. The van der Waals surface area contributed by atoms with Gasteiger partial charge in [0, 0.05) is 19.2 Å². The maximum absolute atomic E-state index is 11.5. The van der Waals surface area contributed by atoms with E-state index in [0.717, 1.165) is 18.4 Å². The van der Waals surface area contributed by atoms with Gasteiger partial charge in [-0.1, -0.05) is 26.8 Å². The highest BCUT2D eigenvalue weighted by molar-refractivity contribution is 6.74. The van der Waals surface area contributed by atoms with Crippen LogP contribution in [0.3, 0.4) is 0 Å². The highest BCUT2D eigenvalue weighted by Crippen LogP contribution is 2.37. The fourth-order valence-electron chi connectivity index (χ4n) is 2.98. The fraction of sp³-hybridized carbons (Fsp3) is 0.632. The summed E-state index contributed by atoms with van der Waals surface area (Å²) >= 11 is 0. The quantitative estimate of drug-likeness (QED) is 0.385. The molecule has 8 nitrogen and oxygen atoms in total. The van der Waals surface area contributed by atoms with Gasteiger partial charge in [0.15, 0.2) is 8.32 Å². The first-order chi connectivity index (χ1) is 12.9. The Morgan fingerprint density at radius 2 is 2.11 bits per heavy atom. The fourth-order valence-corrected chi connectivity index (χ4v) is 3.94. The van der Waals surface area contributed by atoms with E-state index >= 15 is 0 Å². The summed E-state index contributed by atoms with van der Waals surface area (Å²) < 4.78 is 6.16. The number of carboxylic acid groups (broad SMARTS) is 1. The van der Waals surface area contributed by atoms with Gasteiger partial charge in [-0.15, -0.1) is 0 Å². The number of nitrogens with one attached hydrogen (secondary N) is 1. The molecule has 0 radical (unpaired) electrons. The number of likely N-dealkylation sites (tertiary alicyclic amines) is 1. The summed E-state index contributed by atoms with van der Waals surface area (Å²) in [6.45, 7) is 11.9. The summed E-state index contributed by atoms with van der Waals surface area (Å²) in [7, 11) is -1.94. The van der Waals surface area contributed by atoms with Crippen LogP contribution in [0.15, 0.2) is 18.2 Å². The topological polar surface area (TPSA) is 105 Å². The molecule has 1 fully saturated rings. The predicted molar refractivity (Wildman–Crippen MR) is 111 cm³/mol. The predicted octanol–water partition coefficient (Wildman–Crippen LogP) is 4.67. The van der Waals surface area contributed by atoms with E-state index in [1.54, 1.807) is 12.1 Å². The van der Waals surface area contributed by atoms with E-state index in [4.69, 9.17) is 4.43 Å². The second kappa shape index (κ2) is 8.48. The van der Waals surface area contributed by atoms with E-state index in [1.807, 2.05) is 6.07 Å². The highest BCUT2D eigenvalue weighted by Gasteiger charge is 2.37. The average Bonchev–Trinajstić information content (AvgIpc) is 3.06. The second-order valence-electron chi connectivity index (χ2n) is 8.81. The molecule has 1 unspecified atom stereocenters. The normalized spacial score (nSPS) is 17.6. The van der Waals surface area contributed by atoms with Crippen molar-refractivity contribution < 1.29 is 19.3 Å². The number of benzene rings is 1. The van der Waals surface area contributed by atoms with Gasteiger partial charge in [0.25, 0.3) is 5.69 Å². The molecule has 1 aliphatic heterocycles. The number of carbonyl (C=O) groups is 1. The first-order valence-corrected chi connectivity index (χ1v) is 12.5. The number of nitro groups is 1. The Labute approximate surface area is 167 Å². The third-order valence-electron chi connectivity index (χ3n) is 5.82. The third kappa shape index (κ3) is 5.23. The molecule has 0 spiro atoms. The molecule has 2 rings (SSSR count). The van der Waals surface area contributed by atoms with Gasteiger partial charge in [-0.05, 0) is 42.6 Å². The highest BCUT2D eigenvalue weighted by atomic mass is 28.4. The lowest BCUT2D eigenvalue weighted by Gasteiger charge is -2.36. The molecule has 1 aliphatic rings. The third-order valence-corrected chi connectivity index (χ3v) is 10.3. The van der Waals surface area contributed by atoms with Crippen LogP contribution in [0.25, 0.3) is 0 Å². The smallest absolute Gasteiger partial charge is 0.407 e. The van der Waals surface area contributed by atoms with Crippen LogP contribution in [0.1, 0.15) is 39.2 Å². The first kappa shape index (κ1) is 22.2. The largest absolute Gasteiger partial charge is 0.465 e. The molecule has 28 heavy (non-hydrogen) atoms. The molecule has 1 saturated heterocycles. The minimum absolute atomic E-state index is 0.0174. The summed E-state index contributed by atoms with van der Waals surface area (Å²) in [5, 5.41) is 23.9. The van der Waals surface area contributed by atoms with Gasteiger partial charge in [-0.2, -0.15) is 0 Å². The number of anilines is 1. The van der Waals surface area contributed by atoms with Gasteiger partial charge >= 0.3 is 6.09 Å². The summed E-state index contributed by atoms with van der Waals surface area (Å²) in [6.07, 6.45) is 0.618. The van der Waals surface area contributed by atoms with Crippen molar-refractivity contribution in [2.45, 2.75) is 64.4 Å². The van der Waals surface area contributed by atoms with E-state index < -0.39 is 19.3 Å². The van der Waals surface area contributed by atoms with E-state index in [1.165, 1.54) is 4.90 Å². The molecule has 156 valence electrons. The molecule has 2 N–H and O–H groups in total. The Hall–Kier alpha value is -2.13. The molecule has 1 heterocycles. The number of hydrogen-bond donors (Lipinski definition) is 2. The lowest BCUT2D eigenvalue weighted by Crippen LogP contribution is -2.40. The lowest BCUT2D eigenvalue weighted by molar-refractivity contribution is -0.384. The maximum Gasteiger partial charge on any atom is 0.407 e. The lowest BCUT2D eigenvalue weighted by atomic mass is 10.1. The molecule has 1 aromatic rings. The van der Waals surface area contributed by atoms with E-state index in [0.29, 0.717) is 25.4 Å². The van der Waals surface area contributed by atoms with Crippen molar-refractivity contribution in [1.29, 1.82) is 0 Å². The monoisotopic (exact) mass is 409 g/mol. The van der Waals surface area contributed by atoms with Crippen molar-refractivity contribution in [1.82, 2.24) is 4.90 Å². The van der Waals surface area contributed by atoms with E-state index in [-0.39, 0.29) is 16.8 Å². The minimum Gasteiger partial charge on any atom is -0.465 e. The molecule has 0 bridgehead atoms. The number of nitrogens with zero attached hydrogens (tertiary/aromatic N) is 2. The molecular weight excluding hydrogens is 378 g/mol. The van der Waals surface area contributed by atoms with Crippen LogP contribution in [0.2, 0.25) is 18.1 Å². The van der Waals surface area contributed by atoms with Crippen LogP contribution in [-0.4, -0.2) is 48.5 Å². The van der Waals surface area contributed by atoms with Gasteiger partial charge in [-0.3, -0.25) is 10.1 Å². The molecule has 9 heteroatoms. The van der Waals surface area contributed by atoms with Crippen molar-refractivity contribution in [2.24, 2.45) is 0 Å². The second-order valence-corrected chi connectivity index (χ2v) is 13.6. The number of rotatable bonds is 7. The van der Waals surface area contributed by atoms with Crippen molar-refractivity contribution in [2.75, 3.05) is 18.4 Å². The van der Waals surface area contributed by atoms with Gasteiger partial charge in [0.2, 0.25) is 0 Å². The standard InChI is InChI=1S/C19H31N3O5Si/c1-19(2,3)28(4,5)27-13-14-8-9-16(17(11-14)22(25)26)20-12-15-7-6-10-21(15)18(23)24/h8-9,11,15,20H,6-7,10,12-13H2,1-5H3,(H,23,24).